The van der Waals surface area contributed by atoms with Gasteiger partial charge >= 0.3 is 0 Å². The second-order valence-electron chi connectivity index (χ2n) is 5.92. The molecule has 1 aliphatic heterocycles. The molecule has 0 radical (unpaired) electrons. The Labute approximate surface area is 117 Å². The van der Waals surface area contributed by atoms with Crippen LogP contribution in [0, 0.1) is 17.8 Å². The summed E-state index contributed by atoms with van der Waals surface area (Å²) in [6, 6.07) is 0.0457. The van der Waals surface area contributed by atoms with Crippen LogP contribution in [0.2, 0.25) is 0 Å². The fraction of sp³-hybridized carbons (Fsp3) is 0.933. The second kappa shape index (κ2) is 7.25. The van der Waals surface area contributed by atoms with Crippen molar-refractivity contribution in [2.75, 3.05) is 6.54 Å². The lowest BCUT2D eigenvalue weighted by Crippen LogP contribution is -2.45. The molecule has 0 spiro atoms. The van der Waals surface area contributed by atoms with Gasteiger partial charge in [-0.2, -0.15) is 0 Å². The molecule has 5 atom stereocenters. The minimum absolute atomic E-state index is 0.00521. The Morgan fingerprint density at radius 3 is 2.21 bits per heavy atom. The van der Waals surface area contributed by atoms with Gasteiger partial charge in [0.15, 0.2) is 0 Å². The van der Waals surface area contributed by atoms with Crippen molar-refractivity contribution >= 4 is 5.91 Å². The van der Waals surface area contributed by atoms with Crippen LogP contribution in [-0.4, -0.2) is 30.7 Å². The fourth-order valence-electron chi connectivity index (χ4n) is 3.12. The summed E-state index contributed by atoms with van der Waals surface area (Å²) in [6.45, 7) is 10.9. The topological polar surface area (TPSA) is 64.3 Å². The lowest BCUT2D eigenvalue weighted by Gasteiger charge is -2.24. The normalized spacial score (nSPS) is 32.6. The van der Waals surface area contributed by atoms with Crippen molar-refractivity contribution in [3.05, 3.63) is 0 Å². The summed E-state index contributed by atoms with van der Waals surface area (Å²) in [7, 11) is 0. The number of hydrogen-bond acceptors (Lipinski definition) is 3. The number of nitrogens with one attached hydrogen (secondary N) is 1. The zero-order chi connectivity index (χ0) is 14.6. The monoisotopic (exact) mass is 270 g/mol. The lowest BCUT2D eigenvalue weighted by molar-refractivity contribution is -0.127. The molecule has 1 saturated heterocycles. The standard InChI is InChI=1S/C15H30N2O2/c1-6-12(7-2)13(16)8-17-15(18)14-9(3)10(4)19-11(14)5/h9-14H,6-8,16H2,1-5H3,(H,17,18). The highest BCUT2D eigenvalue weighted by molar-refractivity contribution is 5.79. The van der Waals surface area contributed by atoms with Crippen LogP contribution in [0.15, 0.2) is 0 Å². The van der Waals surface area contributed by atoms with E-state index in [0.29, 0.717) is 12.5 Å². The van der Waals surface area contributed by atoms with Crippen LogP contribution in [-0.2, 0) is 9.53 Å². The molecule has 1 heterocycles. The van der Waals surface area contributed by atoms with Gasteiger partial charge < -0.3 is 15.8 Å². The summed E-state index contributed by atoms with van der Waals surface area (Å²) >= 11 is 0. The first-order chi connectivity index (χ1) is 8.92. The zero-order valence-electron chi connectivity index (χ0n) is 13.0. The molecule has 4 heteroatoms. The minimum Gasteiger partial charge on any atom is -0.374 e. The average molecular weight is 270 g/mol. The van der Waals surface area contributed by atoms with Crippen LogP contribution >= 0.6 is 0 Å². The molecular formula is C15H30N2O2. The number of hydrogen-bond donors (Lipinski definition) is 2. The highest BCUT2D eigenvalue weighted by Crippen LogP contribution is 2.32. The van der Waals surface area contributed by atoms with E-state index in [4.69, 9.17) is 10.5 Å². The maximum Gasteiger partial charge on any atom is 0.226 e. The van der Waals surface area contributed by atoms with Crippen LogP contribution in [0.4, 0.5) is 0 Å². The van der Waals surface area contributed by atoms with E-state index in [9.17, 15) is 4.79 Å². The van der Waals surface area contributed by atoms with Crippen molar-refractivity contribution in [1.29, 1.82) is 0 Å². The lowest BCUT2D eigenvalue weighted by atomic mass is 9.88. The molecule has 4 nitrogen and oxygen atoms in total. The van der Waals surface area contributed by atoms with Crippen LogP contribution in [0.1, 0.15) is 47.5 Å². The van der Waals surface area contributed by atoms with Gasteiger partial charge in [0.1, 0.15) is 0 Å². The highest BCUT2D eigenvalue weighted by atomic mass is 16.5. The molecule has 1 aliphatic rings. The van der Waals surface area contributed by atoms with E-state index in [1.165, 1.54) is 0 Å². The second-order valence-corrected chi connectivity index (χ2v) is 5.92. The fourth-order valence-corrected chi connectivity index (χ4v) is 3.12. The smallest absolute Gasteiger partial charge is 0.226 e. The summed E-state index contributed by atoms with van der Waals surface area (Å²) in [5, 5.41) is 3.01. The predicted molar refractivity (Wildman–Crippen MR) is 77.7 cm³/mol. The van der Waals surface area contributed by atoms with E-state index in [1.807, 2.05) is 13.8 Å². The molecular weight excluding hydrogens is 240 g/mol. The molecule has 0 saturated carbocycles. The Balaban J connectivity index is 2.47. The third kappa shape index (κ3) is 3.93. The number of carbonyl (C=O) groups excluding carboxylic acids is 1. The first kappa shape index (κ1) is 16.4. The van der Waals surface area contributed by atoms with E-state index in [-0.39, 0.29) is 36.0 Å². The minimum atomic E-state index is -0.0519. The summed E-state index contributed by atoms with van der Waals surface area (Å²) < 4.78 is 5.71. The van der Waals surface area contributed by atoms with E-state index in [1.54, 1.807) is 0 Å². The van der Waals surface area contributed by atoms with E-state index in [0.717, 1.165) is 12.8 Å². The van der Waals surface area contributed by atoms with Crippen LogP contribution in [0.25, 0.3) is 0 Å². The third-order valence-corrected chi connectivity index (χ3v) is 4.71. The molecule has 1 amide bonds. The number of ether oxygens (including phenoxy) is 1. The van der Waals surface area contributed by atoms with Crippen LogP contribution in [0.5, 0.6) is 0 Å². The van der Waals surface area contributed by atoms with Gasteiger partial charge in [-0.1, -0.05) is 33.6 Å². The largest absolute Gasteiger partial charge is 0.374 e. The summed E-state index contributed by atoms with van der Waals surface area (Å²) in [6.07, 6.45) is 2.27. The van der Waals surface area contributed by atoms with Crippen molar-refractivity contribution in [3.63, 3.8) is 0 Å². The summed E-state index contributed by atoms with van der Waals surface area (Å²) in [5.74, 6) is 0.780. The van der Waals surface area contributed by atoms with Crippen molar-refractivity contribution < 1.29 is 9.53 Å². The number of carbonyl (C=O) groups is 1. The Morgan fingerprint density at radius 2 is 1.79 bits per heavy atom. The quantitative estimate of drug-likeness (QED) is 0.775. The Morgan fingerprint density at radius 1 is 1.21 bits per heavy atom. The number of rotatable bonds is 6. The molecule has 112 valence electrons. The average Bonchev–Trinajstić information content (AvgIpc) is 2.62. The van der Waals surface area contributed by atoms with E-state index in [2.05, 4.69) is 26.1 Å². The summed E-state index contributed by atoms with van der Waals surface area (Å²) in [4.78, 5) is 12.3. The molecule has 1 rings (SSSR count). The molecule has 5 unspecified atom stereocenters. The Hall–Kier alpha value is -0.610. The molecule has 0 bridgehead atoms. The Kier molecular flexibility index (Phi) is 6.27. The molecule has 0 aromatic heterocycles. The highest BCUT2D eigenvalue weighted by Gasteiger charge is 2.41. The predicted octanol–water partition coefficient (Wildman–Crippen LogP) is 1.93. The zero-order valence-corrected chi connectivity index (χ0v) is 13.0. The third-order valence-electron chi connectivity index (χ3n) is 4.71. The molecule has 0 aromatic rings. The first-order valence-electron chi connectivity index (χ1n) is 7.61. The van der Waals surface area contributed by atoms with Crippen LogP contribution in [0.3, 0.4) is 0 Å². The van der Waals surface area contributed by atoms with E-state index >= 15 is 0 Å². The van der Waals surface area contributed by atoms with Gasteiger partial charge in [0.25, 0.3) is 0 Å². The molecule has 1 fully saturated rings. The van der Waals surface area contributed by atoms with Gasteiger partial charge in [0.05, 0.1) is 18.1 Å². The number of amides is 1. The van der Waals surface area contributed by atoms with Gasteiger partial charge in [-0.15, -0.1) is 0 Å². The van der Waals surface area contributed by atoms with Gasteiger partial charge in [0, 0.05) is 12.6 Å². The van der Waals surface area contributed by atoms with Gasteiger partial charge in [-0.25, -0.2) is 0 Å². The molecule has 19 heavy (non-hydrogen) atoms. The molecule has 0 aliphatic carbocycles. The SMILES string of the molecule is CCC(CC)C(N)CNC(=O)C1C(C)OC(C)C1C. The molecule has 3 N–H and O–H groups in total. The van der Waals surface area contributed by atoms with Crippen molar-refractivity contribution in [3.8, 4) is 0 Å². The van der Waals surface area contributed by atoms with Crippen molar-refractivity contribution in [2.24, 2.45) is 23.5 Å². The molecule has 0 aromatic carbocycles. The van der Waals surface area contributed by atoms with Gasteiger partial charge in [0.2, 0.25) is 5.91 Å². The van der Waals surface area contributed by atoms with Crippen molar-refractivity contribution in [1.82, 2.24) is 5.32 Å². The number of nitrogens with two attached hydrogens (primary N) is 1. The van der Waals surface area contributed by atoms with Crippen molar-refractivity contribution in [2.45, 2.75) is 65.7 Å². The van der Waals surface area contributed by atoms with E-state index < -0.39 is 0 Å². The summed E-state index contributed by atoms with van der Waals surface area (Å²) in [5.41, 5.74) is 6.14. The van der Waals surface area contributed by atoms with Crippen LogP contribution < -0.4 is 11.1 Å². The van der Waals surface area contributed by atoms with Gasteiger partial charge in [-0.05, 0) is 25.7 Å². The first-order valence-corrected chi connectivity index (χ1v) is 7.61. The maximum atomic E-state index is 12.3. The van der Waals surface area contributed by atoms with Gasteiger partial charge in [-0.3, -0.25) is 4.79 Å². The Bertz CT molecular complexity index is 292. The maximum absolute atomic E-state index is 12.3.